The fourth-order valence-corrected chi connectivity index (χ4v) is 2.71. The average Bonchev–Trinajstić information content (AvgIpc) is 2.54. The minimum Gasteiger partial charge on any atom is -0.497 e. The van der Waals surface area contributed by atoms with Crippen LogP contribution in [0.5, 0.6) is 5.75 Å². The molecule has 0 aromatic heterocycles. The van der Waals surface area contributed by atoms with Crippen LogP contribution in [0.4, 0.5) is 0 Å². The van der Waals surface area contributed by atoms with Crippen LogP contribution in [0.2, 0.25) is 0 Å². The molecule has 0 saturated carbocycles. The molecule has 0 aliphatic carbocycles. The van der Waals surface area contributed by atoms with E-state index in [2.05, 4.69) is 31.9 Å². The Morgan fingerprint density at radius 1 is 0.857 bits per heavy atom. The van der Waals surface area contributed by atoms with Crippen LogP contribution in [0.3, 0.4) is 0 Å². The average molecular weight is 412 g/mol. The molecular weight excluding hydrogens is 400 g/mol. The van der Waals surface area contributed by atoms with Gasteiger partial charge < -0.3 is 4.74 Å². The Bertz CT molecular complexity index is 649. The number of hydrogen-bond donors (Lipinski definition) is 0. The van der Waals surface area contributed by atoms with Gasteiger partial charge in [-0.15, -0.1) is 0 Å². The third-order valence-corrected chi connectivity index (χ3v) is 4.40. The summed E-state index contributed by atoms with van der Waals surface area (Å²) in [6.45, 7) is 0. The summed E-state index contributed by atoms with van der Waals surface area (Å²) in [5, 5.41) is 0. The summed E-state index contributed by atoms with van der Waals surface area (Å²) in [6, 6.07) is 15.2. The molecule has 0 fully saturated rings. The zero-order valence-corrected chi connectivity index (χ0v) is 14.3. The van der Waals surface area contributed by atoms with E-state index in [1.165, 1.54) is 0 Å². The molecule has 3 nitrogen and oxygen atoms in total. The highest BCUT2D eigenvalue weighted by atomic mass is 79.9. The Morgan fingerprint density at radius 3 is 1.81 bits per heavy atom. The van der Waals surface area contributed by atoms with E-state index in [9.17, 15) is 9.59 Å². The number of carbonyl (C=O) groups is 2. The monoisotopic (exact) mass is 410 g/mol. The van der Waals surface area contributed by atoms with Crippen LogP contribution in [0.1, 0.15) is 20.7 Å². The number of Topliss-reactive ketones (excluding diaryl/α,β-unsaturated/α-hetero) is 2. The van der Waals surface area contributed by atoms with Gasteiger partial charge in [0.1, 0.15) is 5.75 Å². The molecule has 0 heterocycles. The molecule has 0 saturated heterocycles. The molecule has 2 aromatic rings. The molecule has 0 aliphatic rings. The summed E-state index contributed by atoms with van der Waals surface area (Å²) in [6.07, 6.45) is 0. The zero-order valence-electron chi connectivity index (χ0n) is 11.2. The van der Waals surface area contributed by atoms with Crippen LogP contribution in [-0.2, 0) is 0 Å². The van der Waals surface area contributed by atoms with Crippen LogP contribution in [0.15, 0.2) is 54.6 Å². The van der Waals surface area contributed by atoms with Gasteiger partial charge in [0.2, 0.25) is 3.23 Å². The van der Waals surface area contributed by atoms with Gasteiger partial charge >= 0.3 is 0 Å². The van der Waals surface area contributed by atoms with Crippen molar-refractivity contribution in [3.8, 4) is 5.75 Å². The minimum absolute atomic E-state index is 0.344. The van der Waals surface area contributed by atoms with Crippen LogP contribution in [-0.4, -0.2) is 21.9 Å². The normalized spacial score (nSPS) is 11.0. The third kappa shape index (κ3) is 3.41. The number of carbonyl (C=O) groups excluding carboxylic acids is 2. The number of ketones is 2. The van der Waals surface area contributed by atoms with Crippen molar-refractivity contribution in [2.24, 2.45) is 0 Å². The van der Waals surface area contributed by atoms with Crippen molar-refractivity contribution >= 4 is 43.4 Å². The molecule has 5 heteroatoms. The molecule has 2 rings (SSSR count). The van der Waals surface area contributed by atoms with E-state index in [4.69, 9.17) is 4.74 Å². The molecule has 0 spiro atoms. The molecule has 21 heavy (non-hydrogen) atoms. The van der Waals surface area contributed by atoms with Gasteiger partial charge in [0.05, 0.1) is 7.11 Å². The van der Waals surface area contributed by atoms with E-state index >= 15 is 0 Å². The lowest BCUT2D eigenvalue weighted by molar-refractivity contribution is 0.0894. The molecule has 108 valence electrons. The fraction of sp³-hybridized carbons (Fsp3) is 0.125. The summed E-state index contributed by atoms with van der Waals surface area (Å²) in [7, 11) is 1.55. The summed E-state index contributed by atoms with van der Waals surface area (Å²) < 4.78 is 3.57. The highest BCUT2D eigenvalue weighted by Crippen LogP contribution is 2.34. The Kier molecular flexibility index (Phi) is 4.96. The second-order valence-electron chi connectivity index (χ2n) is 4.33. The van der Waals surface area contributed by atoms with E-state index < -0.39 is 3.23 Å². The third-order valence-electron chi connectivity index (χ3n) is 2.96. The largest absolute Gasteiger partial charge is 0.497 e. The van der Waals surface area contributed by atoms with Crippen molar-refractivity contribution in [2.45, 2.75) is 3.23 Å². The lowest BCUT2D eigenvalue weighted by atomic mass is 10.0. The predicted octanol–water partition coefficient (Wildman–Crippen LogP) is 4.25. The molecule has 0 bridgehead atoms. The molecule has 2 aromatic carbocycles. The Labute approximate surface area is 139 Å². The number of alkyl halides is 2. The van der Waals surface area contributed by atoms with E-state index in [-0.39, 0.29) is 11.6 Å². The van der Waals surface area contributed by atoms with Gasteiger partial charge in [-0.25, -0.2) is 0 Å². The summed E-state index contributed by atoms with van der Waals surface area (Å²) in [4.78, 5) is 25.0. The highest BCUT2D eigenvalue weighted by molar-refractivity contribution is 9.26. The first-order chi connectivity index (χ1) is 9.96. The smallest absolute Gasteiger partial charge is 0.205 e. The van der Waals surface area contributed by atoms with Crippen molar-refractivity contribution < 1.29 is 14.3 Å². The Balaban J connectivity index is 2.29. The number of hydrogen-bond acceptors (Lipinski definition) is 3. The second kappa shape index (κ2) is 6.54. The van der Waals surface area contributed by atoms with Crippen molar-refractivity contribution in [3.05, 3.63) is 65.7 Å². The van der Waals surface area contributed by atoms with Crippen molar-refractivity contribution in [1.29, 1.82) is 0 Å². The van der Waals surface area contributed by atoms with Crippen LogP contribution < -0.4 is 4.74 Å². The first kappa shape index (κ1) is 15.9. The van der Waals surface area contributed by atoms with Crippen LogP contribution >= 0.6 is 31.9 Å². The Morgan fingerprint density at radius 2 is 1.33 bits per heavy atom. The molecule has 0 N–H and O–H groups in total. The van der Waals surface area contributed by atoms with Gasteiger partial charge in [-0.2, -0.15) is 0 Å². The number of methoxy groups -OCH3 is 1. The van der Waals surface area contributed by atoms with Gasteiger partial charge in [-0.3, -0.25) is 9.59 Å². The molecule has 0 unspecified atom stereocenters. The predicted molar refractivity (Wildman–Crippen MR) is 88.7 cm³/mol. The standard InChI is InChI=1S/C16H12Br2O3/c1-21-13-9-7-12(8-10-13)15(20)16(17,18)14(19)11-5-3-2-4-6-11/h2-10H,1H3. The van der Waals surface area contributed by atoms with Gasteiger partial charge in [-0.05, 0) is 24.3 Å². The summed E-state index contributed by atoms with van der Waals surface area (Å²) in [5.74, 6) is -0.0568. The van der Waals surface area contributed by atoms with E-state index in [0.29, 0.717) is 16.9 Å². The molecule has 0 amide bonds. The van der Waals surface area contributed by atoms with Gasteiger partial charge in [0.15, 0.2) is 11.6 Å². The van der Waals surface area contributed by atoms with Crippen molar-refractivity contribution in [3.63, 3.8) is 0 Å². The summed E-state index contributed by atoms with van der Waals surface area (Å²) >= 11 is 6.42. The van der Waals surface area contributed by atoms with Gasteiger partial charge in [0.25, 0.3) is 0 Å². The van der Waals surface area contributed by atoms with Crippen LogP contribution in [0.25, 0.3) is 0 Å². The number of benzene rings is 2. The zero-order chi connectivity index (χ0) is 15.5. The van der Waals surface area contributed by atoms with Crippen LogP contribution in [0, 0.1) is 0 Å². The molecule has 0 aliphatic heterocycles. The maximum absolute atomic E-state index is 12.5. The molecule has 0 atom stereocenters. The highest BCUT2D eigenvalue weighted by Gasteiger charge is 2.41. The quantitative estimate of drug-likeness (QED) is 0.419. The topological polar surface area (TPSA) is 43.4 Å². The lowest BCUT2D eigenvalue weighted by Gasteiger charge is -2.18. The summed E-state index contributed by atoms with van der Waals surface area (Å²) in [5.41, 5.74) is 0.863. The SMILES string of the molecule is COc1ccc(C(=O)C(Br)(Br)C(=O)c2ccccc2)cc1. The maximum Gasteiger partial charge on any atom is 0.205 e. The van der Waals surface area contributed by atoms with Gasteiger partial charge in [0, 0.05) is 11.1 Å². The first-order valence-electron chi connectivity index (χ1n) is 6.13. The van der Waals surface area contributed by atoms with E-state index in [1.807, 2.05) is 6.07 Å². The van der Waals surface area contributed by atoms with Crippen molar-refractivity contribution in [2.75, 3.05) is 7.11 Å². The first-order valence-corrected chi connectivity index (χ1v) is 7.72. The molecular formula is C16H12Br2O3. The van der Waals surface area contributed by atoms with Gasteiger partial charge in [-0.1, -0.05) is 62.2 Å². The van der Waals surface area contributed by atoms with Crippen molar-refractivity contribution in [1.82, 2.24) is 0 Å². The number of rotatable bonds is 5. The van der Waals surface area contributed by atoms with E-state index in [0.717, 1.165) is 0 Å². The minimum atomic E-state index is -1.48. The van der Waals surface area contributed by atoms with E-state index in [1.54, 1.807) is 55.6 Å². The fourth-order valence-electron chi connectivity index (χ4n) is 1.80. The number of halogens is 2. The number of ether oxygens (including phenoxy) is 1. The lowest BCUT2D eigenvalue weighted by Crippen LogP contribution is -2.34. The maximum atomic E-state index is 12.5. The molecule has 0 radical (unpaired) electrons. The second-order valence-corrected chi connectivity index (χ2v) is 7.77. The Hall–Kier alpha value is -1.46.